The molecule has 1 amide bonds. The Labute approximate surface area is 147 Å². The molecule has 1 aliphatic rings. The summed E-state index contributed by atoms with van der Waals surface area (Å²) in [5.41, 5.74) is 1.81. The Morgan fingerprint density at radius 3 is 2.48 bits per heavy atom. The minimum absolute atomic E-state index is 0.00175. The van der Waals surface area contributed by atoms with Crippen LogP contribution in [0.1, 0.15) is 31.0 Å². The summed E-state index contributed by atoms with van der Waals surface area (Å²) in [7, 11) is 1.79. The predicted molar refractivity (Wildman–Crippen MR) is 93.0 cm³/mol. The maximum atomic E-state index is 13.2. The molecule has 0 fully saturated rings. The van der Waals surface area contributed by atoms with Crippen molar-refractivity contribution in [1.29, 1.82) is 0 Å². The van der Waals surface area contributed by atoms with Gasteiger partial charge >= 0.3 is 0 Å². The van der Waals surface area contributed by atoms with Crippen molar-refractivity contribution in [2.75, 3.05) is 13.8 Å². The van der Waals surface area contributed by atoms with Crippen molar-refractivity contribution in [3.8, 4) is 11.5 Å². The molecule has 3 rings (SSSR count). The zero-order valence-electron chi connectivity index (χ0n) is 14.7. The van der Waals surface area contributed by atoms with E-state index in [9.17, 15) is 9.18 Å². The van der Waals surface area contributed by atoms with E-state index in [0.717, 1.165) is 11.1 Å². The Morgan fingerprint density at radius 2 is 1.80 bits per heavy atom. The standard InChI is InChI=1S/C20H22FNO3/c1-13(2)20(15-5-7-16(21)8-6-15)22(3)19(23)11-14-4-9-17-18(10-14)25-12-24-17/h4-10,13,20H,11-12H2,1-3H3. The van der Waals surface area contributed by atoms with Gasteiger partial charge in [-0.05, 0) is 41.3 Å². The topological polar surface area (TPSA) is 38.8 Å². The SMILES string of the molecule is CC(C)C(c1ccc(F)cc1)N(C)C(=O)Cc1ccc2c(c1)OCO2. The third-order valence-corrected chi connectivity index (χ3v) is 4.45. The Balaban J connectivity index is 1.76. The van der Waals surface area contributed by atoms with Crippen LogP contribution < -0.4 is 9.47 Å². The van der Waals surface area contributed by atoms with Crippen molar-refractivity contribution in [3.63, 3.8) is 0 Å². The van der Waals surface area contributed by atoms with Gasteiger partial charge in [0.15, 0.2) is 11.5 Å². The fourth-order valence-corrected chi connectivity index (χ4v) is 3.22. The van der Waals surface area contributed by atoms with Gasteiger partial charge in [-0.25, -0.2) is 4.39 Å². The molecule has 5 heteroatoms. The number of benzene rings is 2. The highest BCUT2D eigenvalue weighted by Gasteiger charge is 2.25. The van der Waals surface area contributed by atoms with E-state index < -0.39 is 0 Å². The zero-order chi connectivity index (χ0) is 18.0. The van der Waals surface area contributed by atoms with E-state index in [1.165, 1.54) is 12.1 Å². The summed E-state index contributed by atoms with van der Waals surface area (Å²) < 4.78 is 23.9. The first kappa shape index (κ1) is 17.3. The van der Waals surface area contributed by atoms with Crippen LogP contribution in [-0.2, 0) is 11.2 Å². The van der Waals surface area contributed by atoms with Crippen molar-refractivity contribution < 1.29 is 18.7 Å². The number of amides is 1. The molecule has 1 atom stereocenters. The van der Waals surface area contributed by atoms with Gasteiger partial charge in [-0.1, -0.05) is 32.0 Å². The van der Waals surface area contributed by atoms with Crippen LogP contribution in [-0.4, -0.2) is 24.6 Å². The van der Waals surface area contributed by atoms with E-state index in [2.05, 4.69) is 13.8 Å². The van der Waals surface area contributed by atoms with Gasteiger partial charge in [0, 0.05) is 7.05 Å². The highest BCUT2D eigenvalue weighted by atomic mass is 19.1. The minimum Gasteiger partial charge on any atom is -0.454 e. The lowest BCUT2D eigenvalue weighted by molar-refractivity contribution is -0.132. The highest BCUT2D eigenvalue weighted by molar-refractivity contribution is 5.79. The van der Waals surface area contributed by atoms with Crippen molar-refractivity contribution in [2.45, 2.75) is 26.3 Å². The molecule has 132 valence electrons. The number of hydrogen-bond acceptors (Lipinski definition) is 3. The van der Waals surface area contributed by atoms with Gasteiger partial charge < -0.3 is 14.4 Å². The smallest absolute Gasteiger partial charge is 0.231 e. The first-order valence-corrected chi connectivity index (χ1v) is 8.35. The number of fused-ring (bicyclic) bond motifs is 1. The lowest BCUT2D eigenvalue weighted by Gasteiger charge is -2.32. The number of carbonyl (C=O) groups is 1. The summed E-state index contributed by atoms with van der Waals surface area (Å²) >= 11 is 0. The zero-order valence-corrected chi connectivity index (χ0v) is 14.7. The van der Waals surface area contributed by atoms with Gasteiger partial charge in [0.25, 0.3) is 0 Å². The summed E-state index contributed by atoms with van der Waals surface area (Å²) in [6, 6.07) is 11.8. The molecule has 2 aromatic rings. The van der Waals surface area contributed by atoms with Crippen LogP contribution in [0.25, 0.3) is 0 Å². The Hall–Kier alpha value is -2.56. The largest absolute Gasteiger partial charge is 0.454 e. The van der Waals surface area contributed by atoms with Crippen molar-refractivity contribution in [1.82, 2.24) is 4.90 Å². The molecule has 1 aliphatic heterocycles. The maximum Gasteiger partial charge on any atom is 0.231 e. The second kappa shape index (κ2) is 7.13. The molecule has 0 aliphatic carbocycles. The first-order chi connectivity index (χ1) is 12.0. The molecule has 1 unspecified atom stereocenters. The molecule has 1 heterocycles. The number of carbonyl (C=O) groups excluding carboxylic acids is 1. The molecule has 2 aromatic carbocycles. The number of hydrogen-bond donors (Lipinski definition) is 0. The molecule has 0 spiro atoms. The van der Waals surface area contributed by atoms with E-state index in [1.807, 2.05) is 18.2 Å². The van der Waals surface area contributed by atoms with E-state index >= 15 is 0 Å². The monoisotopic (exact) mass is 343 g/mol. The van der Waals surface area contributed by atoms with Crippen LogP contribution >= 0.6 is 0 Å². The van der Waals surface area contributed by atoms with Crippen LogP contribution in [0.15, 0.2) is 42.5 Å². The van der Waals surface area contributed by atoms with Gasteiger partial charge in [-0.15, -0.1) is 0 Å². The molecule has 0 saturated carbocycles. The third-order valence-electron chi connectivity index (χ3n) is 4.45. The van der Waals surface area contributed by atoms with E-state index in [4.69, 9.17) is 9.47 Å². The molecular weight excluding hydrogens is 321 g/mol. The lowest BCUT2D eigenvalue weighted by atomic mass is 9.94. The van der Waals surface area contributed by atoms with Gasteiger partial charge in [0.2, 0.25) is 12.7 Å². The third kappa shape index (κ3) is 3.76. The lowest BCUT2D eigenvalue weighted by Crippen LogP contribution is -2.35. The Kier molecular flexibility index (Phi) is 4.93. The second-order valence-electron chi connectivity index (χ2n) is 6.61. The van der Waals surface area contributed by atoms with E-state index in [0.29, 0.717) is 11.5 Å². The molecule has 0 aromatic heterocycles. The fourth-order valence-electron chi connectivity index (χ4n) is 3.22. The summed E-state index contributed by atoms with van der Waals surface area (Å²) in [5, 5.41) is 0. The normalized spacial score (nSPS) is 13.8. The Morgan fingerprint density at radius 1 is 1.12 bits per heavy atom. The predicted octanol–water partition coefficient (Wildman–Crippen LogP) is 3.95. The number of likely N-dealkylation sites (N-methyl/N-ethyl adjacent to an activating group) is 1. The average molecular weight is 343 g/mol. The summed E-state index contributed by atoms with van der Waals surface area (Å²) in [5.74, 6) is 1.31. The second-order valence-corrected chi connectivity index (χ2v) is 6.61. The fraction of sp³-hybridized carbons (Fsp3) is 0.350. The van der Waals surface area contributed by atoms with Crippen LogP contribution in [0.3, 0.4) is 0 Å². The van der Waals surface area contributed by atoms with Gasteiger partial charge in [0.1, 0.15) is 5.82 Å². The molecule has 25 heavy (non-hydrogen) atoms. The quantitative estimate of drug-likeness (QED) is 0.825. The van der Waals surface area contributed by atoms with Crippen molar-refractivity contribution >= 4 is 5.91 Å². The number of nitrogens with zero attached hydrogens (tertiary/aromatic N) is 1. The van der Waals surface area contributed by atoms with Gasteiger partial charge in [-0.2, -0.15) is 0 Å². The van der Waals surface area contributed by atoms with Crippen LogP contribution in [0.2, 0.25) is 0 Å². The Bertz CT molecular complexity index is 758. The molecule has 0 bridgehead atoms. The van der Waals surface area contributed by atoms with Crippen LogP contribution in [0, 0.1) is 11.7 Å². The summed E-state index contributed by atoms with van der Waals surface area (Å²) in [6.45, 7) is 4.32. The minimum atomic E-state index is -0.277. The summed E-state index contributed by atoms with van der Waals surface area (Å²) in [6.07, 6.45) is 0.275. The first-order valence-electron chi connectivity index (χ1n) is 8.35. The molecule has 0 saturated heterocycles. The average Bonchev–Trinajstić information content (AvgIpc) is 3.04. The molecular formula is C20H22FNO3. The molecule has 0 N–H and O–H groups in total. The van der Waals surface area contributed by atoms with Gasteiger partial charge in [-0.3, -0.25) is 4.79 Å². The van der Waals surface area contributed by atoms with Gasteiger partial charge in [0.05, 0.1) is 12.5 Å². The van der Waals surface area contributed by atoms with E-state index in [-0.39, 0.29) is 36.9 Å². The van der Waals surface area contributed by atoms with Crippen LogP contribution in [0.5, 0.6) is 11.5 Å². The summed E-state index contributed by atoms with van der Waals surface area (Å²) in [4.78, 5) is 14.5. The van der Waals surface area contributed by atoms with Crippen molar-refractivity contribution in [2.24, 2.45) is 5.92 Å². The van der Waals surface area contributed by atoms with E-state index in [1.54, 1.807) is 24.1 Å². The number of rotatable bonds is 5. The molecule has 4 nitrogen and oxygen atoms in total. The maximum absolute atomic E-state index is 13.2. The van der Waals surface area contributed by atoms with Crippen molar-refractivity contribution in [3.05, 3.63) is 59.4 Å². The number of halogens is 1. The number of ether oxygens (including phenoxy) is 2. The molecule has 0 radical (unpaired) electrons. The highest BCUT2D eigenvalue weighted by Crippen LogP contribution is 2.33. The van der Waals surface area contributed by atoms with Crippen LogP contribution in [0.4, 0.5) is 4.39 Å².